The van der Waals surface area contributed by atoms with Crippen molar-refractivity contribution in [3.63, 3.8) is 0 Å². The Labute approximate surface area is 107 Å². The molecule has 18 heavy (non-hydrogen) atoms. The minimum absolute atomic E-state index is 0.0144. The molecule has 1 aromatic rings. The van der Waals surface area contributed by atoms with E-state index in [0.717, 1.165) is 19.3 Å². The summed E-state index contributed by atoms with van der Waals surface area (Å²) >= 11 is 0. The number of hydrogen-bond donors (Lipinski definition) is 2. The maximum Gasteiger partial charge on any atom is 0.256 e. The Morgan fingerprint density at radius 2 is 2.39 bits per heavy atom. The van der Waals surface area contributed by atoms with Gasteiger partial charge in [0.2, 0.25) is 0 Å². The van der Waals surface area contributed by atoms with Crippen LogP contribution >= 0.6 is 0 Å². The third-order valence-electron chi connectivity index (χ3n) is 3.44. The monoisotopic (exact) mass is 249 g/mol. The summed E-state index contributed by atoms with van der Waals surface area (Å²) in [6.45, 7) is 2.50. The number of anilines is 1. The van der Waals surface area contributed by atoms with Gasteiger partial charge in [-0.2, -0.15) is 0 Å². The predicted molar refractivity (Wildman–Crippen MR) is 69.1 cm³/mol. The van der Waals surface area contributed by atoms with Crippen LogP contribution in [0.15, 0.2) is 12.3 Å². The average molecular weight is 249 g/mol. The summed E-state index contributed by atoms with van der Waals surface area (Å²) in [4.78, 5) is 18.3. The SMILES string of the molecule is Cc1ncc(N)cc1C(=O)N1CCCCC1CO. The molecule has 0 radical (unpaired) electrons. The first-order chi connectivity index (χ1) is 8.63. The summed E-state index contributed by atoms with van der Waals surface area (Å²) in [5, 5.41) is 9.35. The van der Waals surface area contributed by atoms with Crippen LogP contribution in [-0.2, 0) is 0 Å². The van der Waals surface area contributed by atoms with Crippen LogP contribution < -0.4 is 5.73 Å². The van der Waals surface area contributed by atoms with E-state index in [2.05, 4.69) is 4.98 Å². The van der Waals surface area contributed by atoms with E-state index in [1.807, 2.05) is 0 Å². The molecule has 1 fully saturated rings. The Morgan fingerprint density at radius 1 is 1.61 bits per heavy atom. The van der Waals surface area contributed by atoms with E-state index in [0.29, 0.717) is 23.5 Å². The lowest BCUT2D eigenvalue weighted by molar-refractivity contribution is 0.0502. The van der Waals surface area contributed by atoms with Crippen molar-refractivity contribution in [3.05, 3.63) is 23.5 Å². The molecular weight excluding hydrogens is 230 g/mol. The zero-order chi connectivity index (χ0) is 13.1. The second-order valence-corrected chi connectivity index (χ2v) is 4.73. The molecule has 0 saturated carbocycles. The minimum atomic E-state index is -0.0777. The molecule has 5 nitrogen and oxygen atoms in total. The molecular formula is C13H19N3O2. The number of carbonyl (C=O) groups is 1. The average Bonchev–Trinajstić information content (AvgIpc) is 2.40. The van der Waals surface area contributed by atoms with E-state index in [4.69, 9.17) is 5.73 Å². The van der Waals surface area contributed by atoms with Gasteiger partial charge in [-0.05, 0) is 32.3 Å². The Hall–Kier alpha value is -1.62. The molecule has 0 aromatic carbocycles. The van der Waals surface area contributed by atoms with Gasteiger partial charge in [-0.3, -0.25) is 9.78 Å². The fourth-order valence-corrected chi connectivity index (χ4v) is 2.38. The second-order valence-electron chi connectivity index (χ2n) is 4.73. The fourth-order valence-electron chi connectivity index (χ4n) is 2.38. The smallest absolute Gasteiger partial charge is 0.256 e. The number of hydrogen-bond acceptors (Lipinski definition) is 4. The van der Waals surface area contributed by atoms with Crippen molar-refractivity contribution in [2.45, 2.75) is 32.2 Å². The topological polar surface area (TPSA) is 79.5 Å². The molecule has 1 amide bonds. The Morgan fingerprint density at radius 3 is 3.11 bits per heavy atom. The number of rotatable bonds is 2. The highest BCUT2D eigenvalue weighted by Gasteiger charge is 2.27. The number of nitrogens with two attached hydrogens (primary N) is 1. The van der Waals surface area contributed by atoms with E-state index in [1.54, 1.807) is 24.1 Å². The van der Waals surface area contributed by atoms with Crippen molar-refractivity contribution in [1.82, 2.24) is 9.88 Å². The fraction of sp³-hybridized carbons (Fsp3) is 0.538. The van der Waals surface area contributed by atoms with Crippen LogP contribution in [0.5, 0.6) is 0 Å². The third kappa shape index (κ3) is 2.46. The lowest BCUT2D eigenvalue weighted by atomic mass is 10.0. The molecule has 2 heterocycles. The largest absolute Gasteiger partial charge is 0.397 e. The van der Waals surface area contributed by atoms with Crippen molar-refractivity contribution >= 4 is 11.6 Å². The van der Waals surface area contributed by atoms with Gasteiger partial charge in [0.05, 0.1) is 35.8 Å². The maximum absolute atomic E-state index is 12.5. The standard InChI is InChI=1S/C13H19N3O2/c1-9-12(6-10(14)7-15-9)13(18)16-5-3-2-4-11(16)8-17/h6-7,11,17H,2-5,8,14H2,1H3. The molecule has 1 aromatic heterocycles. The second kappa shape index (κ2) is 5.35. The van der Waals surface area contributed by atoms with Crippen molar-refractivity contribution < 1.29 is 9.90 Å². The van der Waals surface area contributed by atoms with Gasteiger partial charge in [0, 0.05) is 6.54 Å². The van der Waals surface area contributed by atoms with E-state index >= 15 is 0 Å². The van der Waals surface area contributed by atoms with Crippen LogP contribution in [0.4, 0.5) is 5.69 Å². The van der Waals surface area contributed by atoms with Gasteiger partial charge in [-0.15, -0.1) is 0 Å². The zero-order valence-corrected chi connectivity index (χ0v) is 10.6. The molecule has 0 aliphatic carbocycles. The number of aryl methyl sites for hydroxylation is 1. The molecule has 1 aliphatic heterocycles. The van der Waals surface area contributed by atoms with Crippen LogP contribution in [0, 0.1) is 6.92 Å². The first kappa shape index (κ1) is 12.8. The number of aliphatic hydroxyl groups is 1. The van der Waals surface area contributed by atoms with Crippen molar-refractivity contribution in [3.8, 4) is 0 Å². The third-order valence-corrected chi connectivity index (χ3v) is 3.44. The lowest BCUT2D eigenvalue weighted by Gasteiger charge is -2.34. The van der Waals surface area contributed by atoms with E-state index in [9.17, 15) is 9.90 Å². The number of nitrogens with zero attached hydrogens (tertiary/aromatic N) is 2. The number of pyridine rings is 1. The highest BCUT2D eigenvalue weighted by Crippen LogP contribution is 2.21. The van der Waals surface area contributed by atoms with E-state index < -0.39 is 0 Å². The number of piperidine rings is 1. The molecule has 5 heteroatoms. The highest BCUT2D eigenvalue weighted by atomic mass is 16.3. The van der Waals surface area contributed by atoms with Gasteiger partial charge in [-0.1, -0.05) is 0 Å². The van der Waals surface area contributed by atoms with Crippen molar-refractivity contribution in [2.75, 3.05) is 18.9 Å². The van der Waals surface area contributed by atoms with Gasteiger partial charge in [0.15, 0.2) is 0 Å². The summed E-state index contributed by atoms with van der Waals surface area (Å²) in [6.07, 6.45) is 4.45. The zero-order valence-electron chi connectivity index (χ0n) is 10.6. The molecule has 0 spiro atoms. The summed E-state index contributed by atoms with van der Waals surface area (Å²) in [5.74, 6) is -0.0777. The molecule has 1 atom stereocenters. The summed E-state index contributed by atoms with van der Waals surface area (Å²) < 4.78 is 0. The molecule has 1 aliphatic rings. The number of aliphatic hydroxyl groups excluding tert-OH is 1. The first-order valence-electron chi connectivity index (χ1n) is 6.27. The molecule has 0 bridgehead atoms. The van der Waals surface area contributed by atoms with E-state index in [-0.39, 0.29) is 18.6 Å². The number of likely N-dealkylation sites (tertiary alicyclic amines) is 1. The van der Waals surface area contributed by atoms with Crippen molar-refractivity contribution in [1.29, 1.82) is 0 Å². The van der Waals surface area contributed by atoms with Crippen LogP contribution in [0.3, 0.4) is 0 Å². The number of aromatic nitrogens is 1. The maximum atomic E-state index is 12.5. The normalized spacial score (nSPS) is 19.9. The Bertz CT molecular complexity index is 448. The first-order valence-corrected chi connectivity index (χ1v) is 6.27. The van der Waals surface area contributed by atoms with Crippen molar-refractivity contribution in [2.24, 2.45) is 0 Å². The number of amides is 1. The molecule has 98 valence electrons. The number of carbonyl (C=O) groups excluding carboxylic acids is 1. The molecule has 2 rings (SSSR count). The lowest BCUT2D eigenvalue weighted by Crippen LogP contribution is -2.45. The summed E-state index contributed by atoms with van der Waals surface area (Å²) in [6, 6.07) is 1.58. The summed E-state index contributed by atoms with van der Waals surface area (Å²) in [7, 11) is 0. The number of nitrogen functional groups attached to an aromatic ring is 1. The van der Waals surface area contributed by atoms with Gasteiger partial charge < -0.3 is 15.7 Å². The van der Waals surface area contributed by atoms with Gasteiger partial charge in [0.25, 0.3) is 5.91 Å². The highest BCUT2D eigenvalue weighted by molar-refractivity contribution is 5.96. The van der Waals surface area contributed by atoms with Crippen LogP contribution in [0.2, 0.25) is 0 Å². The van der Waals surface area contributed by atoms with Gasteiger partial charge in [-0.25, -0.2) is 0 Å². The summed E-state index contributed by atoms with van der Waals surface area (Å²) in [5.41, 5.74) is 7.38. The molecule has 3 N–H and O–H groups in total. The Kier molecular flexibility index (Phi) is 3.81. The molecule has 1 saturated heterocycles. The van der Waals surface area contributed by atoms with Gasteiger partial charge >= 0.3 is 0 Å². The van der Waals surface area contributed by atoms with E-state index in [1.165, 1.54) is 0 Å². The van der Waals surface area contributed by atoms with Crippen LogP contribution in [-0.4, -0.2) is 40.1 Å². The Balaban J connectivity index is 2.26. The minimum Gasteiger partial charge on any atom is -0.397 e. The molecule has 1 unspecified atom stereocenters. The van der Waals surface area contributed by atoms with Crippen LogP contribution in [0.1, 0.15) is 35.3 Å². The quantitative estimate of drug-likeness (QED) is 0.818. The van der Waals surface area contributed by atoms with Crippen LogP contribution in [0.25, 0.3) is 0 Å². The predicted octanol–water partition coefficient (Wildman–Crippen LogP) is 0.959. The van der Waals surface area contributed by atoms with Gasteiger partial charge in [0.1, 0.15) is 0 Å².